The average molecular weight is 381 g/mol. The van der Waals surface area contributed by atoms with Gasteiger partial charge in [0, 0.05) is 31.8 Å². The average Bonchev–Trinajstić information content (AvgIpc) is 2.64. The number of aliphatic imine (C=N–C) groups is 1. The molecule has 0 radical (unpaired) electrons. The summed E-state index contributed by atoms with van der Waals surface area (Å²) in [5, 5.41) is 6.13. The third kappa shape index (κ3) is 6.73. The quantitative estimate of drug-likeness (QED) is 0.544. The van der Waals surface area contributed by atoms with Crippen molar-refractivity contribution in [2.45, 2.75) is 19.6 Å². The van der Waals surface area contributed by atoms with Crippen molar-refractivity contribution in [1.82, 2.24) is 10.6 Å². The van der Waals surface area contributed by atoms with Crippen LogP contribution in [0.4, 0.5) is 13.2 Å². The number of methoxy groups -OCH3 is 1. The van der Waals surface area contributed by atoms with Crippen molar-refractivity contribution in [1.29, 1.82) is 0 Å². The summed E-state index contributed by atoms with van der Waals surface area (Å²) in [6.45, 7) is -2.17. The van der Waals surface area contributed by atoms with Gasteiger partial charge in [-0.3, -0.25) is 4.99 Å². The van der Waals surface area contributed by atoms with E-state index < -0.39 is 6.61 Å². The molecule has 146 valence electrons. The Bertz CT molecular complexity index is 770. The Morgan fingerprint density at radius 2 is 1.96 bits per heavy atom. The zero-order chi connectivity index (χ0) is 19.6. The number of rotatable bonds is 8. The summed E-state index contributed by atoms with van der Waals surface area (Å²) >= 11 is 0. The first-order valence-electron chi connectivity index (χ1n) is 8.32. The van der Waals surface area contributed by atoms with Gasteiger partial charge in [0.2, 0.25) is 0 Å². The lowest BCUT2D eigenvalue weighted by Crippen LogP contribution is -2.38. The predicted molar refractivity (Wildman–Crippen MR) is 97.9 cm³/mol. The lowest BCUT2D eigenvalue weighted by molar-refractivity contribution is -0.0505. The van der Waals surface area contributed by atoms with E-state index in [0.29, 0.717) is 30.2 Å². The highest BCUT2D eigenvalue weighted by molar-refractivity contribution is 5.79. The van der Waals surface area contributed by atoms with E-state index in [1.165, 1.54) is 25.3 Å². The maximum absolute atomic E-state index is 13.2. The van der Waals surface area contributed by atoms with E-state index in [1.807, 2.05) is 6.07 Å². The van der Waals surface area contributed by atoms with Crippen molar-refractivity contribution in [3.63, 3.8) is 0 Å². The summed E-state index contributed by atoms with van der Waals surface area (Å²) in [4.78, 5) is 4.08. The molecule has 0 heterocycles. The van der Waals surface area contributed by atoms with Crippen molar-refractivity contribution < 1.29 is 22.6 Å². The van der Waals surface area contributed by atoms with Crippen LogP contribution in [0, 0.1) is 5.82 Å². The molecular formula is C19H22F3N3O2. The van der Waals surface area contributed by atoms with Crippen LogP contribution in [-0.4, -0.2) is 33.3 Å². The second-order valence-corrected chi connectivity index (χ2v) is 5.58. The van der Waals surface area contributed by atoms with E-state index in [-0.39, 0.29) is 18.1 Å². The Hall–Kier alpha value is -2.90. The number of hydrogen-bond donors (Lipinski definition) is 2. The molecule has 0 unspecified atom stereocenters. The highest BCUT2D eigenvalue weighted by atomic mass is 19.3. The fourth-order valence-electron chi connectivity index (χ4n) is 2.43. The van der Waals surface area contributed by atoms with Gasteiger partial charge in [-0.15, -0.1) is 0 Å². The molecule has 2 N–H and O–H groups in total. The highest BCUT2D eigenvalue weighted by Gasteiger charge is 2.11. The predicted octanol–water partition coefficient (Wildman–Crippen LogP) is 3.34. The van der Waals surface area contributed by atoms with Crippen LogP contribution in [-0.2, 0) is 13.0 Å². The molecule has 2 rings (SSSR count). The molecule has 8 heteroatoms. The Morgan fingerprint density at radius 3 is 2.63 bits per heavy atom. The van der Waals surface area contributed by atoms with Crippen molar-refractivity contribution in [2.75, 3.05) is 20.7 Å². The van der Waals surface area contributed by atoms with Gasteiger partial charge in [-0.2, -0.15) is 8.78 Å². The summed E-state index contributed by atoms with van der Waals surface area (Å²) in [7, 11) is 3.05. The second kappa shape index (κ2) is 10.3. The van der Waals surface area contributed by atoms with Gasteiger partial charge in [0.05, 0.1) is 7.11 Å². The van der Waals surface area contributed by atoms with Crippen LogP contribution in [0.1, 0.15) is 11.1 Å². The van der Waals surface area contributed by atoms with E-state index in [2.05, 4.69) is 20.4 Å². The molecule has 0 saturated heterocycles. The highest BCUT2D eigenvalue weighted by Crippen LogP contribution is 2.26. The van der Waals surface area contributed by atoms with Crippen LogP contribution in [0.25, 0.3) is 0 Å². The van der Waals surface area contributed by atoms with Gasteiger partial charge in [0.25, 0.3) is 0 Å². The van der Waals surface area contributed by atoms with E-state index in [0.717, 1.165) is 5.56 Å². The molecule has 0 aromatic heterocycles. The first-order chi connectivity index (χ1) is 13.0. The maximum Gasteiger partial charge on any atom is 0.387 e. The summed E-state index contributed by atoms with van der Waals surface area (Å²) in [5.74, 6) is 0.672. The maximum atomic E-state index is 13.2. The van der Waals surface area contributed by atoms with Crippen LogP contribution in [0.3, 0.4) is 0 Å². The smallest absolute Gasteiger partial charge is 0.387 e. The molecule has 0 saturated carbocycles. The lowest BCUT2D eigenvalue weighted by Gasteiger charge is -2.15. The molecule has 0 aliphatic heterocycles. The van der Waals surface area contributed by atoms with E-state index >= 15 is 0 Å². The molecular weight excluding hydrogens is 359 g/mol. The monoisotopic (exact) mass is 381 g/mol. The largest absolute Gasteiger partial charge is 0.497 e. The third-order valence-electron chi connectivity index (χ3n) is 3.76. The summed E-state index contributed by atoms with van der Waals surface area (Å²) < 4.78 is 48.0. The minimum Gasteiger partial charge on any atom is -0.497 e. The number of benzene rings is 2. The zero-order valence-electron chi connectivity index (χ0n) is 15.1. The van der Waals surface area contributed by atoms with Crippen LogP contribution in [0.2, 0.25) is 0 Å². The number of halogens is 3. The summed E-state index contributed by atoms with van der Waals surface area (Å²) in [6, 6.07) is 11.1. The fourth-order valence-corrected chi connectivity index (χ4v) is 2.43. The summed E-state index contributed by atoms with van der Waals surface area (Å²) in [6.07, 6.45) is 0.612. The molecule has 2 aromatic rings. The fraction of sp³-hybridized carbons (Fsp3) is 0.316. The molecule has 0 fully saturated rings. The number of guanidine groups is 1. The normalized spacial score (nSPS) is 11.4. The lowest BCUT2D eigenvalue weighted by atomic mass is 10.1. The van der Waals surface area contributed by atoms with Crippen molar-refractivity contribution >= 4 is 5.96 Å². The zero-order valence-corrected chi connectivity index (χ0v) is 15.1. The molecule has 0 bridgehead atoms. The van der Waals surface area contributed by atoms with Crippen LogP contribution in [0.5, 0.6) is 11.5 Å². The van der Waals surface area contributed by atoms with Gasteiger partial charge in [-0.1, -0.05) is 12.1 Å². The number of hydrogen-bond acceptors (Lipinski definition) is 3. The van der Waals surface area contributed by atoms with Gasteiger partial charge in [-0.05, 0) is 36.2 Å². The molecule has 0 aliphatic rings. The summed E-state index contributed by atoms with van der Waals surface area (Å²) in [5.41, 5.74) is 1.39. The Balaban J connectivity index is 1.91. The van der Waals surface area contributed by atoms with Crippen molar-refractivity contribution in [2.24, 2.45) is 4.99 Å². The molecule has 0 amide bonds. The van der Waals surface area contributed by atoms with Crippen LogP contribution < -0.4 is 20.1 Å². The number of alkyl halides is 2. The van der Waals surface area contributed by atoms with Gasteiger partial charge < -0.3 is 20.1 Å². The van der Waals surface area contributed by atoms with Gasteiger partial charge in [0.1, 0.15) is 17.3 Å². The SMILES string of the molecule is CN=C(NCCc1cccc(F)c1)NCc1ccc(OC)cc1OC(F)F. The van der Waals surface area contributed by atoms with Gasteiger partial charge in [0.15, 0.2) is 5.96 Å². The topological polar surface area (TPSA) is 54.9 Å². The Morgan fingerprint density at radius 1 is 1.15 bits per heavy atom. The molecule has 27 heavy (non-hydrogen) atoms. The second-order valence-electron chi connectivity index (χ2n) is 5.58. The molecule has 5 nitrogen and oxygen atoms in total. The number of nitrogens with zero attached hydrogens (tertiary/aromatic N) is 1. The number of ether oxygens (including phenoxy) is 2. The first kappa shape index (κ1) is 20.4. The molecule has 0 atom stereocenters. The third-order valence-corrected chi connectivity index (χ3v) is 3.76. The van der Waals surface area contributed by atoms with Crippen molar-refractivity contribution in [3.8, 4) is 11.5 Å². The molecule has 0 aliphatic carbocycles. The van der Waals surface area contributed by atoms with E-state index in [9.17, 15) is 13.2 Å². The van der Waals surface area contributed by atoms with E-state index in [1.54, 1.807) is 25.2 Å². The van der Waals surface area contributed by atoms with Crippen LogP contribution in [0.15, 0.2) is 47.5 Å². The van der Waals surface area contributed by atoms with Crippen LogP contribution >= 0.6 is 0 Å². The van der Waals surface area contributed by atoms with Crippen molar-refractivity contribution in [3.05, 3.63) is 59.4 Å². The Kier molecular flexibility index (Phi) is 7.79. The first-order valence-corrected chi connectivity index (χ1v) is 8.32. The van der Waals surface area contributed by atoms with Gasteiger partial charge >= 0.3 is 6.61 Å². The minimum atomic E-state index is -2.93. The number of nitrogens with one attached hydrogen (secondary N) is 2. The Labute approximate surface area is 156 Å². The van der Waals surface area contributed by atoms with Gasteiger partial charge in [-0.25, -0.2) is 4.39 Å². The minimum absolute atomic E-state index is 0.0343. The standard InChI is InChI=1S/C19H22F3N3O2/c1-23-19(24-9-8-13-4-3-5-15(20)10-13)25-12-14-6-7-16(26-2)11-17(14)27-18(21)22/h3-7,10-11,18H,8-9,12H2,1-2H3,(H2,23,24,25). The van der Waals surface area contributed by atoms with E-state index in [4.69, 9.17) is 4.74 Å². The molecule has 0 spiro atoms. The molecule has 2 aromatic carbocycles.